The molecule has 1 aromatic rings. The van der Waals surface area contributed by atoms with Crippen molar-refractivity contribution in [1.29, 1.82) is 0 Å². The van der Waals surface area contributed by atoms with Gasteiger partial charge in [0.05, 0.1) is 11.9 Å². The molecule has 1 aliphatic carbocycles. The van der Waals surface area contributed by atoms with Gasteiger partial charge in [-0.1, -0.05) is 6.92 Å². The molecule has 1 heterocycles. The summed E-state index contributed by atoms with van der Waals surface area (Å²) in [6, 6.07) is 0.289. The molecule has 1 amide bonds. The quantitative estimate of drug-likeness (QED) is 0.781. The van der Waals surface area contributed by atoms with Crippen LogP contribution in [0.2, 0.25) is 0 Å². The van der Waals surface area contributed by atoms with E-state index in [9.17, 15) is 4.79 Å². The number of anilines is 1. The Labute approximate surface area is 95.0 Å². The molecule has 0 aromatic carbocycles. The summed E-state index contributed by atoms with van der Waals surface area (Å²) in [6.07, 6.45) is 4.81. The molecule has 5 heteroatoms. The number of aryl methyl sites for hydroxylation is 1. The monoisotopic (exact) mass is 222 g/mol. The van der Waals surface area contributed by atoms with Gasteiger partial charge < -0.3 is 11.1 Å². The molecular weight excluding hydrogens is 204 g/mol. The van der Waals surface area contributed by atoms with E-state index in [-0.39, 0.29) is 11.9 Å². The van der Waals surface area contributed by atoms with E-state index in [4.69, 9.17) is 5.73 Å². The Morgan fingerprint density at radius 1 is 1.62 bits per heavy atom. The van der Waals surface area contributed by atoms with E-state index < -0.39 is 0 Å². The number of nitrogens with zero attached hydrogens (tertiary/aromatic N) is 2. The van der Waals surface area contributed by atoms with Gasteiger partial charge in [0, 0.05) is 13.1 Å². The summed E-state index contributed by atoms with van der Waals surface area (Å²) in [5, 5.41) is 6.97. The second kappa shape index (κ2) is 4.15. The molecule has 0 bridgehead atoms. The number of hydrogen-bond donors (Lipinski definition) is 2. The van der Waals surface area contributed by atoms with Gasteiger partial charge in [0.15, 0.2) is 0 Å². The normalized spacial score (nSPS) is 24.6. The van der Waals surface area contributed by atoms with Crippen LogP contribution in [-0.2, 0) is 7.05 Å². The number of hydrogen-bond acceptors (Lipinski definition) is 3. The summed E-state index contributed by atoms with van der Waals surface area (Å²) >= 11 is 0. The maximum absolute atomic E-state index is 12.0. The van der Waals surface area contributed by atoms with E-state index in [0.29, 0.717) is 17.3 Å². The number of rotatable bonds is 2. The van der Waals surface area contributed by atoms with Gasteiger partial charge >= 0.3 is 0 Å². The van der Waals surface area contributed by atoms with Crippen LogP contribution in [0.1, 0.15) is 36.7 Å². The first kappa shape index (κ1) is 11.0. The van der Waals surface area contributed by atoms with Gasteiger partial charge in [0.2, 0.25) is 0 Å². The summed E-state index contributed by atoms with van der Waals surface area (Å²) in [7, 11) is 1.72. The standard InChI is InChI=1S/C11H18N4O/c1-7-3-4-8(5-7)14-11(16)10-9(12)6-13-15(10)2/h6-8H,3-5,12H2,1-2H3,(H,14,16). The van der Waals surface area contributed by atoms with E-state index >= 15 is 0 Å². The third-order valence-electron chi connectivity index (χ3n) is 3.21. The molecule has 1 saturated carbocycles. The lowest BCUT2D eigenvalue weighted by atomic mass is 10.1. The lowest BCUT2D eigenvalue weighted by Crippen LogP contribution is -2.34. The van der Waals surface area contributed by atoms with Crippen LogP contribution in [0, 0.1) is 5.92 Å². The highest BCUT2D eigenvalue weighted by molar-refractivity contribution is 5.97. The Bertz CT molecular complexity index is 379. The Hall–Kier alpha value is -1.52. The van der Waals surface area contributed by atoms with E-state index in [1.54, 1.807) is 7.05 Å². The van der Waals surface area contributed by atoms with E-state index in [2.05, 4.69) is 17.3 Å². The molecule has 0 spiro atoms. The Morgan fingerprint density at radius 2 is 2.38 bits per heavy atom. The first-order valence-corrected chi connectivity index (χ1v) is 5.66. The van der Waals surface area contributed by atoms with Crippen LogP contribution in [-0.4, -0.2) is 21.7 Å². The topological polar surface area (TPSA) is 72.9 Å². The SMILES string of the molecule is CC1CCC(NC(=O)c2c(N)cnn2C)C1. The zero-order chi connectivity index (χ0) is 11.7. The van der Waals surface area contributed by atoms with Crippen molar-refractivity contribution >= 4 is 11.6 Å². The Balaban J connectivity index is 2.03. The lowest BCUT2D eigenvalue weighted by Gasteiger charge is -2.12. The number of nitrogens with two attached hydrogens (primary N) is 1. The van der Waals surface area contributed by atoms with Crippen LogP contribution in [0.4, 0.5) is 5.69 Å². The fraction of sp³-hybridized carbons (Fsp3) is 0.636. The smallest absolute Gasteiger partial charge is 0.271 e. The molecule has 16 heavy (non-hydrogen) atoms. The minimum Gasteiger partial charge on any atom is -0.396 e. The molecule has 0 radical (unpaired) electrons. The summed E-state index contributed by atoms with van der Waals surface area (Å²) in [6.45, 7) is 2.21. The molecule has 2 atom stereocenters. The fourth-order valence-electron chi connectivity index (χ4n) is 2.32. The van der Waals surface area contributed by atoms with Gasteiger partial charge in [-0.25, -0.2) is 0 Å². The molecule has 2 rings (SSSR count). The van der Waals surface area contributed by atoms with E-state index in [1.165, 1.54) is 17.3 Å². The predicted molar refractivity (Wildman–Crippen MR) is 61.9 cm³/mol. The van der Waals surface area contributed by atoms with Crippen LogP contribution < -0.4 is 11.1 Å². The van der Waals surface area contributed by atoms with Crippen molar-refractivity contribution in [1.82, 2.24) is 15.1 Å². The molecule has 5 nitrogen and oxygen atoms in total. The van der Waals surface area contributed by atoms with Crippen molar-refractivity contribution in [2.75, 3.05) is 5.73 Å². The van der Waals surface area contributed by atoms with Gasteiger partial charge in [-0.15, -0.1) is 0 Å². The van der Waals surface area contributed by atoms with Gasteiger partial charge in [-0.05, 0) is 25.2 Å². The van der Waals surface area contributed by atoms with Gasteiger partial charge in [-0.3, -0.25) is 9.48 Å². The highest BCUT2D eigenvalue weighted by atomic mass is 16.2. The molecule has 1 aromatic heterocycles. The predicted octanol–water partition coefficient (Wildman–Crippen LogP) is 0.921. The van der Waals surface area contributed by atoms with E-state index in [1.807, 2.05) is 0 Å². The zero-order valence-corrected chi connectivity index (χ0v) is 9.73. The van der Waals surface area contributed by atoms with Crippen LogP contribution in [0.25, 0.3) is 0 Å². The van der Waals surface area contributed by atoms with E-state index in [0.717, 1.165) is 12.8 Å². The fourth-order valence-corrected chi connectivity index (χ4v) is 2.32. The highest BCUT2D eigenvalue weighted by Gasteiger charge is 2.24. The molecule has 1 aliphatic rings. The van der Waals surface area contributed by atoms with Gasteiger partial charge in [0.1, 0.15) is 5.69 Å². The summed E-state index contributed by atoms with van der Waals surface area (Å²) in [5.74, 6) is 0.589. The highest BCUT2D eigenvalue weighted by Crippen LogP contribution is 2.25. The van der Waals surface area contributed by atoms with Crippen molar-refractivity contribution < 1.29 is 4.79 Å². The Morgan fingerprint density at radius 3 is 2.88 bits per heavy atom. The third kappa shape index (κ3) is 2.03. The summed E-state index contributed by atoms with van der Waals surface area (Å²) < 4.78 is 1.52. The zero-order valence-electron chi connectivity index (χ0n) is 9.73. The van der Waals surface area contributed by atoms with Crippen LogP contribution >= 0.6 is 0 Å². The van der Waals surface area contributed by atoms with Crippen molar-refractivity contribution in [3.8, 4) is 0 Å². The number of nitrogen functional groups attached to an aromatic ring is 1. The maximum Gasteiger partial charge on any atom is 0.271 e. The number of carbonyl (C=O) groups is 1. The van der Waals surface area contributed by atoms with Crippen molar-refractivity contribution in [2.45, 2.75) is 32.2 Å². The van der Waals surface area contributed by atoms with Gasteiger partial charge in [0.25, 0.3) is 5.91 Å². The molecule has 2 unspecified atom stereocenters. The first-order valence-electron chi connectivity index (χ1n) is 5.66. The van der Waals surface area contributed by atoms with Crippen molar-refractivity contribution in [3.05, 3.63) is 11.9 Å². The molecule has 1 fully saturated rings. The lowest BCUT2D eigenvalue weighted by molar-refractivity contribution is 0.0928. The van der Waals surface area contributed by atoms with Crippen molar-refractivity contribution in [2.24, 2.45) is 13.0 Å². The maximum atomic E-state index is 12.0. The van der Waals surface area contributed by atoms with Crippen LogP contribution in [0.3, 0.4) is 0 Å². The second-order valence-corrected chi connectivity index (χ2v) is 4.66. The van der Waals surface area contributed by atoms with Crippen LogP contribution in [0.15, 0.2) is 6.20 Å². The molecular formula is C11H18N4O. The first-order chi connectivity index (χ1) is 7.58. The average molecular weight is 222 g/mol. The van der Waals surface area contributed by atoms with Crippen LogP contribution in [0.5, 0.6) is 0 Å². The minimum absolute atomic E-state index is 0.114. The summed E-state index contributed by atoms with van der Waals surface area (Å²) in [4.78, 5) is 12.0. The molecule has 0 aliphatic heterocycles. The number of aromatic nitrogens is 2. The summed E-state index contributed by atoms with van der Waals surface area (Å²) in [5.41, 5.74) is 6.59. The largest absolute Gasteiger partial charge is 0.396 e. The number of carbonyl (C=O) groups excluding carboxylic acids is 1. The molecule has 88 valence electrons. The number of nitrogens with one attached hydrogen (secondary N) is 1. The van der Waals surface area contributed by atoms with Crippen molar-refractivity contribution in [3.63, 3.8) is 0 Å². The second-order valence-electron chi connectivity index (χ2n) is 4.66. The Kier molecular flexibility index (Phi) is 2.85. The molecule has 3 N–H and O–H groups in total. The third-order valence-corrected chi connectivity index (χ3v) is 3.21. The van der Waals surface area contributed by atoms with Gasteiger partial charge in [-0.2, -0.15) is 5.10 Å². The average Bonchev–Trinajstić information content (AvgIpc) is 2.74. The molecule has 0 saturated heterocycles. The number of amides is 1. The minimum atomic E-state index is -0.114.